The zero-order chi connectivity index (χ0) is 34.7. The van der Waals surface area contributed by atoms with Crippen molar-refractivity contribution in [1.82, 2.24) is 0 Å². The van der Waals surface area contributed by atoms with Gasteiger partial charge in [-0.05, 0) is 12.8 Å². The topological polar surface area (TPSA) is 111 Å². The van der Waals surface area contributed by atoms with Crippen LogP contribution in [0.5, 0.6) is 0 Å². The van der Waals surface area contributed by atoms with E-state index in [-0.39, 0.29) is 67.3 Å². The van der Waals surface area contributed by atoms with Crippen LogP contribution in [0.2, 0.25) is 0 Å². The Kier molecular flexibility index (Phi) is 40.6. The predicted octanol–water partition coefficient (Wildman–Crippen LogP) is 7.84. The molecule has 0 bridgehead atoms. The largest absolute Gasteiger partial charge is 1.00 e. The normalized spacial score (nSPS) is 13.1. The Balaban J connectivity index is 0. The summed E-state index contributed by atoms with van der Waals surface area (Å²) in [5.41, 5.74) is 0. The van der Waals surface area contributed by atoms with Crippen LogP contribution in [0.1, 0.15) is 194 Å². The van der Waals surface area contributed by atoms with Gasteiger partial charge in [0, 0.05) is 18.6 Å². The summed E-state index contributed by atoms with van der Waals surface area (Å²) in [6, 6.07) is 0. The average Bonchev–Trinajstić information content (AvgIpc) is 3.05. The molecule has 2 atom stereocenters. The number of esters is 2. The van der Waals surface area contributed by atoms with Crippen LogP contribution in [0.25, 0.3) is 0 Å². The summed E-state index contributed by atoms with van der Waals surface area (Å²) in [4.78, 5) is 36.8. The molecular weight excluding hydrogens is 658 g/mol. The minimum Gasteiger partial charge on any atom is -0.756 e. The number of unbranched alkanes of at least 4 members (excludes halogenated alkanes) is 24. The molecule has 0 N–H and O–H groups in total. The van der Waals surface area contributed by atoms with E-state index in [1.165, 1.54) is 128 Å². The van der Waals surface area contributed by atoms with Crippen LogP contribution in [0.4, 0.5) is 0 Å². The molecule has 0 fully saturated rings. The molecule has 8 nitrogen and oxygen atoms in total. The molecule has 0 aromatic rings. The van der Waals surface area contributed by atoms with Gasteiger partial charge >= 0.3 is 41.5 Å². The van der Waals surface area contributed by atoms with Gasteiger partial charge in [-0.25, -0.2) is 0 Å². The summed E-state index contributed by atoms with van der Waals surface area (Å²) in [6.45, 7) is 3.64. The first-order valence-corrected chi connectivity index (χ1v) is 21.5. The number of thiol groups is 1. The first kappa shape index (κ1) is 50.5. The van der Waals surface area contributed by atoms with Crippen LogP contribution in [0.15, 0.2) is 0 Å². The first-order valence-electron chi connectivity index (χ1n) is 19.4. The van der Waals surface area contributed by atoms with E-state index in [2.05, 4.69) is 26.5 Å². The Labute approximate surface area is 323 Å². The van der Waals surface area contributed by atoms with Crippen molar-refractivity contribution in [3.05, 3.63) is 0 Å². The van der Waals surface area contributed by atoms with E-state index in [0.29, 0.717) is 6.42 Å². The summed E-state index contributed by atoms with van der Waals surface area (Å²) >= 11 is 3.94. The van der Waals surface area contributed by atoms with Crippen molar-refractivity contribution >= 4 is 32.4 Å². The molecule has 0 spiro atoms. The number of rotatable bonds is 37. The molecular formula is C37H72NaO8PS. The molecule has 0 rings (SSSR count). The van der Waals surface area contributed by atoms with E-state index in [1.54, 1.807) is 0 Å². The number of phosphoric ester groups is 1. The standard InChI is InChI=1S/C37H73O8PS.Na/c1-3-5-7-9-11-13-15-17-19-21-23-25-27-29-36(38)42-33-35(34-44-46(40,41)43-31-32-47)45-37(39)30-28-26-24-22-20-18-16-14-12-10-8-6-4-2;/h35,47H,3-34H2,1-2H3,(H,40,41);/q;+1/p-1. The summed E-state index contributed by atoms with van der Waals surface area (Å²) in [5.74, 6) is -0.627. The molecule has 0 aliphatic rings. The molecule has 0 aromatic heterocycles. The molecule has 0 saturated carbocycles. The first-order chi connectivity index (χ1) is 22.8. The maximum absolute atomic E-state index is 12.5. The third-order valence-corrected chi connectivity index (χ3v) is 9.60. The Hall–Kier alpha value is 0.400. The fourth-order valence-corrected chi connectivity index (χ4v) is 6.53. The Bertz CT molecular complexity index is 761. The van der Waals surface area contributed by atoms with E-state index in [4.69, 9.17) is 18.5 Å². The van der Waals surface area contributed by atoms with E-state index >= 15 is 0 Å². The van der Waals surface area contributed by atoms with Crippen LogP contribution in [-0.2, 0) is 32.7 Å². The third kappa shape index (κ3) is 37.7. The van der Waals surface area contributed by atoms with Crippen molar-refractivity contribution in [1.29, 1.82) is 0 Å². The monoisotopic (exact) mass is 730 g/mol. The van der Waals surface area contributed by atoms with Crippen LogP contribution in [0, 0.1) is 0 Å². The van der Waals surface area contributed by atoms with Crippen LogP contribution in [-0.4, -0.2) is 43.6 Å². The fraction of sp³-hybridized carbons (Fsp3) is 0.946. The number of hydrogen-bond donors (Lipinski definition) is 1. The van der Waals surface area contributed by atoms with Crippen LogP contribution in [0.3, 0.4) is 0 Å². The van der Waals surface area contributed by atoms with Crippen molar-refractivity contribution in [2.75, 3.05) is 25.6 Å². The number of carbonyl (C=O) groups is 2. The molecule has 0 heterocycles. The van der Waals surface area contributed by atoms with E-state index in [0.717, 1.165) is 32.1 Å². The number of carbonyl (C=O) groups excluding carboxylic acids is 2. The van der Waals surface area contributed by atoms with Gasteiger partial charge in [0.15, 0.2) is 6.10 Å². The van der Waals surface area contributed by atoms with Gasteiger partial charge in [-0.2, -0.15) is 12.6 Å². The van der Waals surface area contributed by atoms with Crippen LogP contribution >= 0.6 is 20.5 Å². The Morgan fingerprint density at radius 1 is 0.562 bits per heavy atom. The van der Waals surface area contributed by atoms with Gasteiger partial charge in [0.2, 0.25) is 0 Å². The number of hydrogen-bond acceptors (Lipinski definition) is 9. The minimum absolute atomic E-state index is 0. The van der Waals surface area contributed by atoms with Crippen molar-refractivity contribution in [2.45, 2.75) is 200 Å². The zero-order valence-electron chi connectivity index (χ0n) is 31.4. The second kappa shape index (κ2) is 38.6. The zero-order valence-corrected chi connectivity index (χ0v) is 35.2. The number of phosphoric acid groups is 1. The smallest absolute Gasteiger partial charge is 0.756 e. The summed E-state index contributed by atoms with van der Waals surface area (Å²) in [5, 5.41) is 0. The van der Waals surface area contributed by atoms with Crippen molar-refractivity contribution < 1.29 is 67.1 Å². The molecule has 11 heteroatoms. The van der Waals surface area contributed by atoms with Crippen molar-refractivity contribution in [3.8, 4) is 0 Å². The maximum Gasteiger partial charge on any atom is 1.00 e. The molecule has 0 saturated heterocycles. The molecule has 280 valence electrons. The van der Waals surface area contributed by atoms with Crippen molar-refractivity contribution in [2.24, 2.45) is 0 Å². The summed E-state index contributed by atoms with van der Waals surface area (Å²) < 4.78 is 32.4. The molecule has 2 unspecified atom stereocenters. The molecule has 0 amide bonds. The second-order valence-electron chi connectivity index (χ2n) is 13.1. The van der Waals surface area contributed by atoms with Gasteiger partial charge in [0.25, 0.3) is 7.82 Å². The predicted molar refractivity (Wildman–Crippen MR) is 195 cm³/mol. The van der Waals surface area contributed by atoms with Crippen LogP contribution < -0.4 is 34.5 Å². The molecule has 48 heavy (non-hydrogen) atoms. The Morgan fingerprint density at radius 3 is 1.29 bits per heavy atom. The van der Waals surface area contributed by atoms with Gasteiger partial charge in [-0.3, -0.25) is 14.2 Å². The van der Waals surface area contributed by atoms with E-state index in [9.17, 15) is 19.0 Å². The van der Waals surface area contributed by atoms with Crippen molar-refractivity contribution in [3.63, 3.8) is 0 Å². The number of ether oxygens (including phenoxy) is 2. The SMILES string of the molecule is CCCCCCCCCCCCCCCC(=O)OCC(COP(=O)([O-])OCCS)OC(=O)CCCCCCCCCCCCCCC.[Na+]. The fourth-order valence-electron chi connectivity index (χ4n) is 5.56. The summed E-state index contributed by atoms with van der Waals surface area (Å²) in [6.07, 6.45) is 31.1. The van der Waals surface area contributed by atoms with E-state index < -0.39 is 26.5 Å². The minimum atomic E-state index is -4.58. The average molecular weight is 731 g/mol. The van der Waals surface area contributed by atoms with Gasteiger partial charge in [-0.1, -0.05) is 168 Å². The molecule has 0 radical (unpaired) electrons. The second-order valence-corrected chi connectivity index (χ2v) is 14.9. The maximum atomic E-state index is 12.5. The molecule has 0 aliphatic heterocycles. The Morgan fingerprint density at radius 2 is 0.917 bits per heavy atom. The molecule has 0 aliphatic carbocycles. The van der Waals surface area contributed by atoms with Gasteiger partial charge in [-0.15, -0.1) is 0 Å². The molecule has 0 aromatic carbocycles. The van der Waals surface area contributed by atoms with Gasteiger partial charge in [0.1, 0.15) is 6.61 Å². The quantitative estimate of drug-likeness (QED) is 0.0226. The van der Waals surface area contributed by atoms with Gasteiger partial charge in [0.05, 0.1) is 13.2 Å². The van der Waals surface area contributed by atoms with E-state index in [1.807, 2.05) is 0 Å². The third-order valence-electron chi connectivity index (χ3n) is 8.46. The van der Waals surface area contributed by atoms with Gasteiger partial charge < -0.3 is 23.4 Å². The summed E-state index contributed by atoms with van der Waals surface area (Å²) in [7, 11) is -4.58.